The average molecular weight is 498 g/mol. The number of ether oxygens (including phenoxy) is 1. The summed E-state index contributed by atoms with van der Waals surface area (Å²) in [4.78, 5) is 24.4. The van der Waals surface area contributed by atoms with Gasteiger partial charge in [-0.2, -0.15) is 10.4 Å². The van der Waals surface area contributed by atoms with Crippen LogP contribution in [0, 0.1) is 11.5 Å². The zero-order chi connectivity index (χ0) is 23.7. The number of halogens is 2. The Morgan fingerprint density at radius 1 is 1.15 bits per heavy atom. The number of aliphatic imine (C=N–C) groups is 1. The molecule has 0 N–H and O–H groups in total. The first-order chi connectivity index (χ1) is 16.5. The van der Waals surface area contributed by atoms with Gasteiger partial charge in [0.05, 0.1) is 37.6 Å². The Kier molecular flexibility index (Phi) is 6.26. The molecule has 2 fully saturated rings. The average Bonchev–Trinajstić information content (AvgIpc) is 3.42. The summed E-state index contributed by atoms with van der Waals surface area (Å²) in [5.41, 5.74) is 1.64. The number of amides is 1. The normalized spacial score (nSPS) is 20.9. The van der Waals surface area contributed by atoms with Crippen LogP contribution in [0.4, 0.5) is 0 Å². The highest BCUT2D eigenvalue weighted by atomic mass is 35.5. The fraction of sp³-hybridized carbons (Fsp3) is 0.348. The zero-order valence-electron chi connectivity index (χ0n) is 18.1. The number of nitrogens with zero attached hydrogens (tertiary/aromatic N) is 7. The molecule has 34 heavy (non-hydrogen) atoms. The molecule has 3 aliphatic rings. The summed E-state index contributed by atoms with van der Waals surface area (Å²) < 4.78 is 5.92. The number of benzene rings is 1. The van der Waals surface area contributed by atoms with E-state index in [0.717, 1.165) is 17.7 Å². The lowest BCUT2D eigenvalue weighted by molar-refractivity contribution is -0.128. The summed E-state index contributed by atoms with van der Waals surface area (Å²) >= 11 is 11.9. The topological polar surface area (TPSA) is 97.4 Å². The summed E-state index contributed by atoms with van der Waals surface area (Å²) in [5, 5.41) is 16.9. The summed E-state index contributed by atoms with van der Waals surface area (Å²) in [6.45, 7) is 2.19. The second kappa shape index (κ2) is 9.49. The van der Waals surface area contributed by atoms with Crippen molar-refractivity contribution in [2.24, 2.45) is 10.1 Å². The van der Waals surface area contributed by atoms with Gasteiger partial charge in [0.2, 0.25) is 18.1 Å². The van der Waals surface area contributed by atoms with Crippen molar-refractivity contribution in [3.63, 3.8) is 0 Å². The van der Waals surface area contributed by atoms with Gasteiger partial charge in [0.25, 0.3) is 0 Å². The van der Waals surface area contributed by atoms with E-state index in [2.05, 4.69) is 9.98 Å². The number of guanidine groups is 1. The van der Waals surface area contributed by atoms with Crippen LogP contribution in [0.3, 0.4) is 0 Å². The van der Waals surface area contributed by atoms with E-state index >= 15 is 0 Å². The molecule has 1 amide bonds. The number of rotatable bonds is 4. The van der Waals surface area contributed by atoms with Crippen LogP contribution in [0.1, 0.15) is 18.4 Å². The third-order valence-electron chi connectivity index (χ3n) is 6.03. The van der Waals surface area contributed by atoms with E-state index in [1.54, 1.807) is 35.5 Å². The highest BCUT2D eigenvalue weighted by Gasteiger charge is 2.41. The van der Waals surface area contributed by atoms with E-state index in [9.17, 15) is 10.1 Å². The number of hydrogen-bond donors (Lipinski definition) is 0. The third-order valence-corrected chi connectivity index (χ3v) is 6.51. The molecule has 9 nitrogen and oxygen atoms in total. The molecule has 3 aliphatic heterocycles. The first-order valence-electron chi connectivity index (χ1n) is 10.9. The fourth-order valence-corrected chi connectivity index (χ4v) is 4.60. The maximum absolute atomic E-state index is 12.5. The van der Waals surface area contributed by atoms with Gasteiger partial charge < -0.3 is 14.5 Å². The lowest BCUT2D eigenvalue weighted by atomic mass is 10.0. The second-order valence-electron chi connectivity index (χ2n) is 8.25. The van der Waals surface area contributed by atoms with Gasteiger partial charge in [-0.15, -0.1) is 4.99 Å². The van der Waals surface area contributed by atoms with Gasteiger partial charge in [-0.1, -0.05) is 35.3 Å². The fourth-order valence-electron chi connectivity index (χ4n) is 4.37. The number of carbonyl (C=O) groups is 1. The van der Waals surface area contributed by atoms with E-state index in [1.807, 2.05) is 28.1 Å². The summed E-state index contributed by atoms with van der Waals surface area (Å²) in [6.07, 6.45) is 4.75. The third kappa shape index (κ3) is 4.52. The van der Waals surface area contributed by atoms with Gasteiger partial charge in [0.15, 0.2) is 0 Å². The Morgan fingerprint density at radius 2 is 1.94 bits per heavy atom. The largest absolute Gasteiger partial charge is 0.485 e. The summed E-state index contributed by atoms with van der Waals surface area (Å²) in [5.74, 6) is 1.18. The number of carbonyl (C=O) groups excluding carboxylic acids is 1. The van der Waals surface area contributed by atoms with Gasteiger partial charge in [0, 0.05) is 23.6 Å². The molecule has 11 heteroatoms. The van der Waals surface area contributed by atoms with Gasteiger partial charge in [-0.25, -0.2) is 9.99 Å². The quantitative estimate of drug-likeness (QED) is 0.278. The molecular weight excluding hydrogens is 477 g/mol. The number of aromatic nitrogens is 1. The van der Waals surface area contributed by atoms with Crippen molar-refractivity contribution in [1.82, 2.24) is 19.8 Å². The number of pyridine rings is 1. The van der Waals surface area contributed by atoms with E-state index in [4.69, 9.17) is 33.0 Å². The Morgan fingerprint density at radius 3 is 2.59 bits per heavy atom. The monoisotopic (exact) mass is 497 g/mol. The Labute approximate surface area is 206 Å². The van der Waals surface area contributed by atoms with Gasteiger partial charge in [0.1, 0.15) is 17.0 Å². The molecule has 4 heterocycles. The molecule has 0 bridgehead atoms. The van der Waals surface area contributed by atoms with E-state index in [0.29, 0.717) is 54.5 Å². The molecule has 2 aromatic rings. The van der Waals surface area contributed by atoms with Crippen LogP contribution >= 0.6 is 23.2 Å². The van der Waals surface area contributed by atoms with Crippen molar-refractivity contribution < 1.29 is 9.53 Å². The van der Waals surface area contributed by atoms with Gasteiger partial charge in [-0.05, 0) is 30.7 Å². The summed E-state index contributed by atoms with van der Waals surface area (Å²) in [7, 11) is 0. The highest BCUT2D eigenvalue weighted by Crippen LogP contribution is 2.27. The first kappa shape index (κ1) is 22.4. The minimum atomic E-state index is -0.228. The predicted molar refractivity (Wildman–Crippen MR) is 128 cm³/mol. The maximum Gasteiger partial charge on any atom is 0.233 e. The molecular formula is C23H21Cl2N7O2. The zero-order valence-corrected chi connectivity index (χ0v) is 19.7. The molecule has 174 valence electrons. The van der Waals surface area contributed by atoms with Gasteiger partial charge >= 0.3 is 0 Å². The van der Waals surface area contributed by atoms with Crippen molar-refractivity contribution in [2.75, 3.05) is 26.2 Å². The van der Waals surface area contributed by atoms with E-state index < -0.39 is 0 Å². The number of hydrogen-bond acceptors (Lipinski definition) is 6. The van der Waals surface area contributed by atoms with Crippen molar-refractivity contribution in [1.29, 1.82) is 5.26 Å². The van der Waals surface area contributed by atoms with Crippen LogP contribution in [-0.4, -0.2) is 75.7 Å². The lowest BCUT2D eigenvalue weighted by Gasteiger charge is -2.42. The molecule has 0 saturated carbocycles. The molecule has 1 aromatic heterocycles. The smallest absolute Gasteiger partial charge is 0.233 e. The standard InChI is InChI=1S/C23H21Cl2N7O2/c24-16-5-3-15(4-6-16)22-19(31-9-1-2-21(31)33)13-32(29-22)23(28-14-26)30-11-18(12-30)34-17-7-8-20(25)27-10-17/h3-8,10,18-19H,1-2,9,11-13H2. The Bertz CT molecular complexity index is 1170. The van der Waals surface area contributed by atoms with Gasteiger partial charge in [-0.3, -0.25) is 4.79 Å². The predicted octanol–water partition coefficient (Wildman–Crippen LogP) is 3.00. The van der Waals surface area contributed by atoms with Crippen molar-refractivity contribution >= 4 is 40.8 Å². The van der Waals surface area contributed by atoms with Crippen LogP contribution in [0.15, 0.2) is 52.7 Å². The molecule has 0 radical (unpaired) electrons. The minimum Gasteiger partial charge on any atom is -0.485 e. The second-order valence-corrected chi connectivity index (χ2v) is 9.08. The number of nitriles is 1. The van der Waals surface area contributed by atoms with Crippen molar-refractivity contribution in [2.45, 2.75) is 25.0 Å². The summed E-state index contributed by atoms with van der Waals surface area (Å²) in [6, 6.07) is 10.6. The van der Waals surface area contributed by atoms with Crippen LogP contribution in [0.2, 0.25) is 10.2 Å². The van der Waals surface area contributed by atoms with Crippen molar-refractivity contribution in [3.8, 4) is 11.9 Å². The highest BCUT2D eigenvalue weighted by molar-refractivity contribution is 6.30. The Balaban J connectivity index is 1.34. The van der Waals surface area contributed by atoms with Crippen LogP contribution < -0.4 is 4.74 Å². The van der Waals surface area contributed by atoms with Crippen molar-refractivity contribution in [3.05, 3.63) is 58.3 Å². The van der Waals surface area contributed by atoms with Crippen LogP contribution in [0.25, 0.3) is 0 Å². The molecule has 1 atom stereocenters. The first-order valence-corrected chi connectivity index (χ1v) is 11.7. The van der Waals surface area contributed by atoms with E-state index in [1.165, 1.54) is 0 Å². The molecule has 0 aliphatic carbocycles. The molecule has 1 unspecified atom stereocenters. The Hall–Kier alpha value is -3.35. The van der Waals surface area contributed by atoms with Crippen LogP contribution in [-0.2, 0) is 4.79 Å². The SMILES string of the molecule is N#CN=C(N1CC(Oc2ccc(Cl)nc2)C1)N1CC(N2CCCC2=O)C(c2ccc(Cl)cc2)=N1. The molecule has 5 rings (SSSR count). The van der Waals surface area contributed by atoms with Crippen LogP contribution in [0.5, 0.6) is 5.75 Å². The molecule has 1 aromatic carbocycles. The maximum atomic E-state index is 12.5. The molecule has 2 saturated heterocycles. The lowest BCUT2D eigenvalue weighted by Crippen LogP contribution is -2.59. The van der Waals surface area contributed by atoms with E-state index in [-0.39, 0.29) is 18.1 Å². The number of likely N-dealkylation sites (tertiary alicyclic amines) is 2. The minimum absolute atomic E-state index is 0.0786. The molecule has 0 spiro atoms. The number of hydrazone groups is 1.